The summed E-state index contributed by atoms with van der Waals surface area (Å²) in [5, 5.41) is 0.0574. The number of hydrogen-bond acceptors (Lipinski definition) is 8. The van der Waals surface area contributed by atoms with E-state index in [2.05, 4.69) is 48.8 Å². The lowest BCUT2D eigenvalue weighted by Crippen LogP contribution is -2.44. The van der Waals surface area contributed by atoms with E-state index < -0.39 is 26.8 Å². The van der Waals surface area contributed by atoms with Crippen molar-refractivity contribution in [1.29, 1.82) is 0 Å². The lowest BCUT2D eigenvalue weighted by molar-refractivity contribution is -0.152. The summed E-state index contributed by atoms with van der Waals surface area (Å²) in [6.45, 7) is 11.3. The maximum Gasteiger partial charge on any atom is 0.306 e. The number of nitrogens with two attached hydrogens (primary N) is 1. The summed E-state index contributed by atoms with van der Waals surface area (Å²) in [5.74, 6) is 0.0657. The van der Waals surface area contributed by atoms with E-state index in [1.54, 1.807) is 6.33 Å². The maximum absolute atomic E-state index is 12.8. The van der Waals surface area contributed by atoms with Gasteiger partial charge in [-0.1, -0.05) is 51.1 Å². The smallest absolute Gasteiger partial charge is 0.306 e. The highest BCUT2D eigenvalue weighted by Crippen LogP contribution is 2.38. The van der Waals surface area contributed by atoms with Gasteiger partial charge in [0.1, 0.15) is 30.3 Å². The van der Waals surface area contributed by atoms with Crippen LogP contribution in [0.1, 0.15) is 45.4 Å². The molecule has 10 heteroatoms. The number of anilines is 1. The van der Waals surface area contributed by atoms with Crippen LogP contribution in [0.25, 0.3) is 11.2 Å². The number of aromatic nitrogens is 4. The molecule has 9 nitrogen and oxygen atoms in total. The number of aryl methyl sites for hydroxylation is 1. The van der Waals surface area contributed by atoms with Crippen molar-refractivity contribution in [3.8, 4) is 0 Å². The number of carbonyl (C=O) groups is 1. The molecule has 188 valence electrons. The Balaban J connectivity index is 1.49. The number of benzene rings is 1. The van der Waals surface area contributed by atoms with Crippen LogP contribution in [0.5, 0.6) is 0 Å². The van der Waals surface area contributed by atoms with Gasteiger partial charge in [-0.05, 0) is 30.1 Å². The van der Waals surface area contributed by atoms with E-state index in [0.717, 1.165) is 5.56 Å². The third-order valence-electron chi connectivity index (χ3n) is 7.04. The molecule has 0 saturated carbocycles. The average Bonchev–Trinajstić information content (AvgIpc) is 3.41. The monoisotopic (exact) mass is 497 g/mol. The fourth-order valence-corrected chi connectivity index (χ4v) is 4.87. The Labute approximate surface area is 207 Å². The van der Waals surface area contributed by atoms with Gasteiger partial charge in [-0.25, -0.2) is 15.0 Å². The molecule has 2 N–H and O–H groups in total. The normalized spacial score (nSPS) is 20.9. The largest absolute Gasteiger partial charge is 0.459 e. The standard InChI is InChI=1S/C25H35N5O4Si/c1-25(2,3)35(4,5)32-14-19-18(34-21(31)12-11-17-9-7-6-8-10-17)13-20(33-19)30-16-29-22-23(26)27-15-28-24(22)30/h6-10,15-16,18-20H,11-14H2,1-5H3,(H2,26,27,28)/t18-,19+,20+/m0/s1. The minimum absolute atomic E-state index is 0.0574. The van der Waals surface area contributed by atoms with E-state index in [1.807, 2.05) is 34.9 Å². The van der Waals surface area contributed by atoms with Crippen LogP contribution in [-0.4, -0.2) is 52.6 Å². The Morgan fingerprint density at radius 1 is 1.20 bits per heavy atom. The molecule has 0 radical (unpaired) electrons. The second kappa shape index (κ2) is 10.0. The molecule has 1 aliphatic heterocycles. The van der Waals surface area contributed by atoms with Crippen molar-refractivity contribution in [3.63, 3.8) is 0 Å². The number of nitrogen functional groups attached to an aromatic ring is 1. The van der Waals surface area contributed by atoms with Gasteiger partial charge in [0.2, 0.25) is 0 Å². The summed E-state index contributed by atoms with van der Waals surface area (Å²) < 4.78 is 20.6. The number of rotatable bonds is 8. The molecule has 0 bridgehead atoms. The zero-order chi connectivity index (χ0) is 25.2. The molecule has 1 aliphatic rings. The molecule has 3 atom stereocenters. The first-order valence-electron chi connectivity index (χ1n) is 12.0. The van der Waals surface area contributed by atoms with Crippen molar-refractivity contribution in [2.45, 2.75) is 76.6 Å². The van der Waals surface area contributed by atoms with Gasteiger partial charge in [-0.15, -0.1) is 0 Å². The van der Waals surface area contributed by atoms with Crippen molar-refractivity contribution in [1.82, 2.24) is 19.5 Å². The van der Waals surface area contributed by atoms with E-state index >= 15 is 0 Å². The zero-order valence-corrected chi connectivity index (χ0v) is 22.1. The van der Waals surface area contributed by atoms with Crippen LogP contribution in [0.3, 0.4) is 0 Å². The molecule has 1 fully saturated rings. The predicted molar refractivity (Wildman–Crippen MR) is 136 cm³/mol. The van der Waals surface area contributed by atoms with Gasteiger partial charge in [0, 0.05) is 12.8 Å². The first kappa shape index (κ1) is 25.3. The van der Waals surface area contributed by atoms with Gasteiger partial charge in [0.05, 0.1) is 12.9 Å². The minimum Gasteiger partial charge on any atom is -0.459 e. The molecular formula is C25H35N5O4Si. The molecule has 2 aromatic heterocycles. The predicted octanol–water partition coefficient (Wildman–Crippen LogP) is 4.26. The topological polar surface area (TPSA) is 114 Å². The Morgan fingerprint density at radius 3 is 2.66 bits per heavy atom. The number of nitrogens with zero attached hydrogens (tertiary/aromatic N) is 4. The van der Waals surface area contributed by atoms with Crippen LogP contribution >= 0.6 is 0 Å². The third-order valence-corrected chi connectivity index (χ3v) is 11.5. The van der Waals surface area contributed by atoms with Crippen LogP contribution in [0.4, 0.5) is 5.82 Å². The quantitative estimate of drug-likeness (QED) is 0.363. The van der Waals surface area contributed by atoms with Gasteiger partial charge in [0.25, 0.3) is 0 Å². The number of carbonyl (C=O) groups excluding carboxylic acids is 1. The average molecular weight is 498 g/mol. The van der Waals surface area contributed by atoms with E-state index in [0.29, 0.717) is 42.9 Å². The molecule has 3 aromatic rings. The Bertz CT molecular complexity index is 1160. The van der Waals surface area contributed by atoms with Gasteiger partial charge >= 0.3 is 5.97 Å². The number of esters is 1. The number of imidazole rings is 1. The third kappa shape index (κ3) is 5.71. The van der Waals surface area contributed by atoms with Crippen molar-refractivity contribution in [2.24, 2.45) is 0 Å². The highest BCUT2D eigenvalue weighted by molar-refractivity contribution is 6.74. The summed E-state index contributed by atoms with van der Waals surface area (Å²) in [5.41, 5.74) is 8.16. The van der Waals surface area contributed by atoms with E-state index in [9.17, 15) is 4.79 Å². The molecular weight excluding hydrogens is 462 g/mol. The molecule has 1 saturated heterocycles. The zero-order valence-electron chi connectivity index (χ0n) is 21.1. The molecule has 0 spiro atoms. The fraction of sp³-hybridized carbons (Fsp3) is 0.520. The summed E-state index contributed by atoms with van der Waals surface area (Å²) in [6, 6.07) is 9.92. The van der Waals surface area contributed by atoms with E-state index in [4.69, 9.17) is 19.6 Å². The van der Waals surface area contributed by atoms with Crippen LogP contribution in [0, 0.1) is 0 Å². The fourth-order valence-electron chi connectivity index (χ4n) is 3.85. The van der Waals surface area contributed by atoms with Crippen LogP contribution < -0.4 is 5.73 Å². The summed E-state index contributed by atoms with van der Waals surface area (Å²) >= 11 is 0. The van der Waals surface area contributed by atoms with Crippen LogP contribution in [-0.2, 0) is 25.1 Å². The second-order valence-electron chi connectivity index (χ2n) is 10.5. The second-order valence-corrected chi connectivity index (χ2v) is 15.3. The van der Waals surface area contributed by atoms with Crippen molar-refractivity contribution in [3.05, 3.63) is 48.5 Å². The van der Waals surface area contributed by atoms with Crippen LogP contribution in [0.2, 0.25) is 18.1 Å². The molecule has 1 aromatic carbocycles. The highest BCUT2D eigenvalue weighted by atomic mass is 28.4. The van der Waals surface area contributed by atoms with Crippen molar-refractivity contribution < 1.29 is 18.7 Å². The lowest BCUT2D eigenvalue weighted by atomic mass is 10.1. The first-order chi connectivity index (χ1) is 16.5. The van der Waals surface area contributed by atoms with Gasteiger partial charge in [0.15, 0.2) is 19.8 Å². The minimum atomic E-state index is -2.02. The summed E-state index contributed by atoms with van der Waals surface area (Å²) in [7, 11) is -2.02. The number of ether oxygens (including phenoxy) is 2. The first-order valence-corrected chi connectivity index (χ1v) is 14.9. The molecule has 0 aliphatic carbocycles. The molecule has 35 heavy (non-hydrogen) atoms. The Kier molecular flexibility index (Phi) is 7.25. The SMILES string of the molecule is CC(C)(C)[Si](C)(C)OC[C@H]1O[C@@H](n2cnc3c(N)ncnc32)C[C@@H]1OC(=O)CCc1ccccc1. The van der Waals surface area contributed by atoms with Gasteiger partial charge < -0.3 is 19.6 Å². The van der Waals surface area contributed by atoms with Crippen molar-refractivity contribution >= 4 is 31.3 Å². The molecule has 0 unspecified atom stereocenters. The lowest BCUT2D eigenvalue weighted by Gasteiger charge is -2.37. The highest BCUT2D eigenvalue weighted by Gasteiger charge is 2.43. The maximum atomic E-state index is 12.8. The van der Waals surface area contributed by atoms with Crippen LogP contribution in [0.15, 0.2) is 43.0 Å². The Morgan fingerprint density at radius 2 is 1.94 bits per heavy atom. The number of hydrogen-bond donors (Lipinski definition) is 1. The Hall–Kier alpha value is -2.82. The number of fused-ring (bicyclic) bond motifs is 1. The molecule has 3 heterocycles. The molecule has 0 amide bonds. The summed E-state index contributed by atoms with van der Waals surface area (Å²) in [4.78, 5) is 25.5. The van der Waals surface area contributed by atoms with E-state index in [1.165, 1.54) is 6.33 Å². The summed E-state index contributed by atoms with van der Waals surface area (Å²) in [6.07, 6.45) is 3.21. The van der Waals surface area contributed by atoms with Gasteiger partial charge in [-0.3, -0.25) is 9.36 Å². The van der Waals surface area contributed by atoms with Gasteiger partial charge in [-0.2, -0.15) is 0 Å². The van der Waals surface area contributed by atoms with Crippen molar-refractivity contribution in [2.75, 3.05) is 12.3 Å². The molecule has 4 rings (SSSR count). The van der Waals surface area contributed by atoms with E-state index in [-0.39, 0.29) is 11.0 Å².